The number of amides is 2. The number of pyridine rings is 1. The third-order valence-electron chi connectivity index (χ3n) is 4.95. The highest BCUT2D eigenvalue weighted by molar-refractivity contribution is 6.40. The molecule has 13 heteroatoms. The predicted octanol–water partition coefficient (Wildman–Crippen LogP) is 5.68. The topological polar surface area (TPSA) is 98.1 Å². The second kappa shape index (κ2) is 10.1. The van der Waals surface area contributed by atoms with Crippen LogP contribution < -0.4 is 10.8 Å². The molecule has 0 fully saturated rings. The van der Waals surface area contributed by atoms with Gasteiger partial charge in [-0.25, -0.2) is 15.1 Å². The molecule has 0 spiro atoms. The SMILES string of the molecule is CCONC(=O)c1cc2ccccc2c(Cl)c1NC(=O)c1cc(C(F)(F)F)nn1-c1ncccc1Cl. The average molecular weight is 538 g/mol. The summed E-state index contributed by atoms with van der Waals surface area (Å²) in [5.41, 5.74) is 0.138. The van der Waals surface area contributed by atoms with Gasteiger partial charge in [0.1, 0.15) is 5.69 Å². The maximum absolute atomic E-state index is 13.5. The van der Waals surface area contributed by atoms with Crippen LogP contribution in [-0.4, -0.2) is 33.2 Å². The van der Waals surface area contributed by atoms with Crippen molar-refractivity contribution in [3.05, 3.63) is 81.7 Å². The fourth-order valence-corrected chi connectivity index (χ4v) is 3.87. The molecule has 0 atom stereocenters. The van der Waals surface area contributed by atoms with Crippen LogP contribution in [0.2, 0.25) is 10.0 Å². The van der Waals surface area contributed by atoms with Gasteiger partial charge < -0.3 is 5.32 Å². The highest BCUT2D eigenvalue weighted by atomic mass is 35.5. The minimum absolute atomic E-state index is 0.000997. The van der Waals surface area contributed by atoms with E-state index < -0.39 is 29.4 Å². The molecule has 8 nitrogen and oxygen atoms in total. The van der Waals surface area contributed by atoms with Crippen LogP contribution in [0.15, 0.2) is 54.7 Å². The second-order valence-corrected chi connectivity index (χ2v) is 8.07. The highest BCUT2D eigenvalue weighted by Gasteiger charge is 2.37. The normalized spacial score (nSPS) is 11.5. The molecule has 0 aliphatic heterocycles. The highest BCUT2D eigenvalue weighted by Crippen LogP contribution is 2.36. The minimum Gasteiger partial charge on any atom is -0.319 e. The minimum atomic E-state index is -4.86. The van der Waals surface area contributed by atoms with Crippen molar-refractivity contribution < 1.29 is 27.6 Å². The number of fused-ring (bicyclic) bond motifs is 1. The summed E-state index contributed by atoms with van der Waals surface area (Å²) in [7, 11) is 0. The molecule has 0 radical (unpaired) electrons. The van der Waals surface area contributed by atoms with E-state index in [4.69, 9.17) is 28.0 Å². The number of carbonyl (C=O) groups excluding carboxylic acids is 2. The lowest BCUT2D eigenvalue weighted by Crippen LogP contribution is -2.26. The first-order valence-corrected chi connectivity index (χ1v) is 11.1. The Morgan fingerprint density at radius 1 is 1.08 bits per heavy atom. The predicted molar refractivity (Wildman–Crippen MR) is 127 cm³/mol. The van der Waals surface area contributed by atoms with Crippen molar-refractivity contribution >= 4 is 51.5 Å². The number of hydrogen-bond acceptors (Lipinski definition) is 5. The Morgan fingerprint density at radius 3 is 2.53 bits per heavy atom. The molecule has 0 unspecified atom stereocenters. The molecular formula is C23H16Cl2F3N5O3. The smallest absolute Gasteiger partial charge is 0.319 e. The zero-order valence-electron chi connectivity index (χ0n) is 18.4. The first-order chi connectivity index (χ1) is 17.1. The van der Waals surface area contributed by atoms with Gasteiger partial charge in [-0.3, -0.25) is 14.4 Å². The molecule has 2 amide bonds. The molecule has 0 saturated carbocycles. The van der Waals surface area contributed by atoms with E-state index in [0.29, 0.717) is 21.5 Å². The molecule has 0 saturated heterocycles. The van der Waals surface area contributed by atoms with Crippen molar-refractivity contribution in [3.8, 4) is 5.82 Å². The summed E-state index contributed by atoms with van der Waals surface area (Å²) >= 11 is 12.6. The molecule has 2 aromatic heterocycles. The van der Waals surface area contributed by atoms with Crippen molar-refractivity contribution in [3.63, 3.8) is 0 Å². The number of rotatable bonds is 6. The lowest BCUT2D eigenvalue weighted by atomic mass is 10.0. The molecular weight excluding hydrogens is 522 g/mol. The third-order valence-corrected chi connectivity index (χ3v) is 5.64. The fourth-order valence-electron chi connectivity index (χ4n) is 3.35. The van der Waals surface area contributed by atoms with Crippen LogP contribution >= 0.6 is 23.2 Å². The molecule has 186 valence electrons. The first-order valence-electron chi connectivity index (χ1n) is 10.3. The van der Waals surface area contributed by atoms with Gasteiger partial charge in [0.25, 0.3) is 11.8 Å². The van der Waals surface area contributed by atoms with Gasteiger partial charge in [0, 0.05) is 17.6 Å². The van der Waals surface area contributed by atoms with E-state index >= 15 is 0 Å². The summed E-state index contributed by atoms with van der Waals surface area (Å²) in [5, 5.41) is 7.00. The fraction of sp³-hybridized carbons (Fsp3) is 0.130. The number of hydrogen-bond donors (Lipinski definition) is 2. The van der Waals surface area contributed by atoms with Crippen molar-refractivity contribution in [2.75, 3.05) is 11.9 Å². The van der Waals surface area contributed by atoms with Crippen molar-refractivity contribution in [1.29, 1.82) is 0 Å². The Morgan fingerprint density at radius 2 is 1.83 bits per heavy atom. The molecule has 0 bridgehead atoms. The average Bonchev–Trinajstić information content (AvgIpc) is 3.30. The molecule has 2 N–H and O–H groups in total. The van der Waals surface area contributed by atoms with Crippen LogP contribution in [-0.2, 0) is 11.0 Å². The van der Waals surface area contributed by atoms with Crippen molar-refractivity contribution in [2.45, 2.75) is 13.1 Å². The molecule has 36 heavy (non-hydrogen) atoms. The molecule has 0 aliphatic rings. The number of alkyl halides is 3. The Hall–Kier alpha value is -3.67. The lowest BCUT2D eigenvalue weighted by molar-refractivity contribution is -0.141. The van der Waals surface area contributed by atoms with E-state index in [9.17, 15) is 22.8 Å². The molecule has 0 aliphatic carbocycles. The Kier molecular flexibility index (Phi) is 7.16. The number of hydroxylamine groups is 1. The maximum atomic E-state index is 13.5. The van der Waals surface area contributed by atoms with Gasteiger partial charge in [-0.05, 0) is 30.5 Å². The number of nitrogens with zero attached hydrogens (tertiary/aromatic N) is 3. The summed E-state index contributed by atoms with van der Waals surface area (Å²) in [6.07, 6.45) is -3.57. The number of carbonyl (C=O) groups is 2. The van der Waals surface area contributed by atoms with E-state index in [-0.39, 0.29) is 33.7 Å². The van der Waals surface area contributed by atoms with Gasteiger partial charge in [-0.1, -0.05) is 47.5 Å². The van der Waals surface area contributed by atoms with Gasteiger partial charge >= 0.3 is 6.18 Å². The summed E-state index contributed by atoms with van der Waals surface area (Å²) < 4.78 is 41.1. The summed E-state index contributed by atoms with van der Waals surface area (Å²) in [4.78, 5) is 35.0. The van der Waals surface area contributed by atoms with Crippen molar-refractivity contribution in [2.24, 2.45) is 0 Å². The number of nitrogens with one attached hydrogen (secondary N) is 2. The number of aromatic nitrogens is 3. The first kappa shape index (κ1) is 25.4. The van der Waals surface area contributed by atoms with Crippen LogP contribution in [0.5, 0.6) is 0 Å². The largest absolute Gasteiger partial charge is 0.435 e. The molecule has 4 aromatic rings. The van der Waals surface area contributed by atoms with Crippen LogP contribution in [0.4, 0.5) is 18.9 Å². The summed E-state index contributed by atoms with van der Waals surface area (Å²) in [6.45, 7) is 1.82. The quantitative estimate of drug-likeness (QED) is 0.308. The van der Waals surface area contributed by atoms with Gasteiger partial charge in [0.2, 0.25) is 0 Å². The van der Waals surface area contributed by atoms with Crippen molar-refractivity contribution in [1.82, 2.24) is 20.2 Å². The third kappa shape index (κ3) is 4.99. The maximum Gasteiger partial charge on any atom is 0.435 e. The number of benzene rings is 2. The van der Waals surface area contributed by atoms with E-state index in [0.717, 1.165) is 0 Å². The Bertz CT molecular complexity index is 1470. The van der Waals surface area contributed by atoms with Crippen LogP contribution in [0, 0.1) is 0 Å². The zero-order valence-corrected chi connectivity index (χ0v) is 19.9. The number of anilines is 1. The molecule has 2 aromatic carbocycles. The number of halogens is 5. The van der Waals surface area contributed by atoms with Gasteiger partial charge in [-0.15, -0.1) is 0 Å². The van der Waals surface area contributed by atoms with Crippen LogP contribution in [0.25, 0.3) is 16.6 Å². The summed E-state index contributed by atoms with van der Waals surface area (Å²) in [5.74, 6) is -1.96. The monoisotopic (exact) mass is 537 g/mol. The second-order valence-electron chi connectivity index (χ2n) is 7.29. The van der Waals surface area contributed by atoms with E-state index in [1.165, 1.54) is 24.4 Å². The van der Waals surface area contributed by atoms with Gasteiger partial charge in [0.05, 0.1) is 27.9 Å². The standard InChI is InChI=1S/C23H16Cl2F3N5O3/c1-2-36-32-21(34)14-10-12-6-3-4-7-13(12)18(25)19(14)30-22(35)16-11-17(23(26,27)28)31-33(16)20-15(24)8-5-9-29-20/h3-11H,2H2,1H3,(H,30,35)(H,32,34). The van der Waals surface area contributed by atoms with Crippen LogP contribution in [0.3, 0.4) is 0 Å². The Labute approximate surface area is 211 Å². The van der Waals surface area contributed by atoms with Gasteiger partial charge in [-0.2, -0.15) is 18.3 Å². The molecule has 4 rings (SSSR count). The van der Waals surface area contributed by atoms with Gasteiger partial charge in [0.15, 0.2) is 11.5 Å². The molecule has 2 heterocycles. The zero-order chi connectivity index (χ0) is 26.0. The van der Waals surface area contributed by atoms with Crippen LogP contribution in [0.1, 0.15) is 33.5 Å². The Balaban J connectivity index is 1.84. The van der Waals surface area contributed by atoms with E-state index in [1.54, 1.807) is 31.2 Å². The summed E-state index contributed by atoms with van der Waals surface area (Å²) in [6, 6.07) is 11.7. The lowest BCUT2D eigenvalue weighted by Gasteiger charge is -2.16. The van der Waals surface area contributed by atoms with E-state index in [1.807, 2.05) is 0 Å². The van der Waals surface area contributed by atoms with E-state index in [2.05, 4.69) is 20.9 Å².